The van der Waals surface area contributed by atoms with Gasteiger partial charge in [0.15, 0.2) is 0 Å². The normalized spacial score (nSPS) is 24.7. The Morgan fingerprint density at radius 2 is 1.21 bits per heavy atom. The van der Waals surface area contributed by atoms with Gasteiger partial charge in [0, 0.05) is 47.9 Å². The van der Waals surface area contributed by atoms with E-state index in [2.05, 4.69) is 9.97 Å². The standard InChI is InChI=1S/C32H52N4O16P2S2/c1-21-17-35(31(41)33-29(21)39)27-15-23(38)26(51-27)20-49-53(43,44)47-11-7-3-5-9-13-55-56-14-10-6-4-8-12-48-54(45,46)52-24-16-28(50-25(24)19-37)36-18-22(2)30(40)34-32(36)42/h17-18,23-28,37-38H,3-16,19-20H2,1-2H3,(H,43,44)(H,45,46)(H,33,39,41)(H,34,40,42)/t23-,24-,25+,26+,27+,28+/m0/s1. The fourth-order valence-corrected chi connectivity index (χ4v) is 9.95. The fraction of sp³-hybridized carbons (Fsp3) is 0.750. The molecule has 2 unspecified atom stereocenters. The summed E-state index contributed by atoms with van der Waals surface area (Å²) in [5.41, 5.74) is -1.88. The Hall–Kier alpha value is -1.88. The van der Waals surface area contributed by atoms with Gasteiger partial charge in [0.05, 0.1) is 32.5 Å². The molecule has 6 N–H and O–H groups in total. The number of H-pyrrole nitrogens is 2. The molecule has 0 radical (unpaired) electrons. The first-order valence-corrected chi connectivity index (χ1v) is 23.8. The van der Waals surface area contributed by atoms with E-state index in [4.69, 9.17) is 27.6 Å². The summed E-state index contributed by atoms with van der Waals surface area (Å²) < 4.78 is 58.9. The van der Waals surface area contributed by atoms with E-state index < -0.39 is 88.2 Å². The summed E-state index contributed by atoms with van der Waals surface area (Å²) in [6, 6.07) is 0. The third-order valence-corrected chi connectivity index (χ3v) is 13.6. The van der Waals surface area contributed by atoms with Crippen LogP contribution in [0.1, 0.15) is 87.8 Å². The molecule has 0 saturated carbocycles. The molecule has 0 amide bonds. The summed E-state index contributed by atoms with van der Waals surface area (Å²) in [6.07, 6.45) is 3.35. The number of aryl methyl sites for hydroxylation is 2. The van der Waals surface area contributed by atoms with Gasteiger partial charge in [-0.3, -0.25) is 46.8 Å². The van der Waals surface area contributed by atoms with Crippen LogP contribution in [0.2, 0.25) is 0 Å². The van der Waals surface area contributed by atoms with E-state index >= 15 is 0 Å². The van der Waals surface area contributed by atoms with E-state index in [-0.39, 0.29) is 31.6 Å². The maximum atomic E-state index is 12.5. The van der Waals surface area contributed by atoms with E-state index in [1.54, 1.807) is 21.6 Å². The monoisotopic (exact) mass is 874 g/mol. The smallest absolute Gasteiger partial charge is 0.394 e. The third-order valence-electron chi connectivity index (χ3n) is 8.98. The molecule has 24 heteroatoms. The minimum absolute atomic E-state index is 0.00759. The van der Waals surface area contributed by atoms with Crippen LogP contribution in [-0.2, 0) is 36.7 Å². The van der Waals surface area contributed by atoms with Gasteiger partial charge in [-0.1, -0.05) is 47.3 Å². The molecule has 4 heterocycles. The Labute approximate surface area is 330 Å². The Bertz CT molecular complexity index is 1890. The minimum atomic E-state index is -4.46. The predicted molar refractivity (Wildman–Crippen MR) is 206 cm³/mol. The molecule has 8 atom stereocenters. The van der Waals surface area contributed by atoms with Gasteiger partial charge in [-0.05, 0) is 39.5 Å². The predicted octanol–water partition coefficient (Wildman–Crippen LogP) is 2.77. The highest BCUT2D eigenvalue weighted by Gasteiger charge is 2.42. The number of unbranched alkanes of at least 4 members (excludes halogenated alkanes) is 6. The largest absolute Gasteiger partial charge is 0.472 e. The summed E-state index contributed by atoms with van der Waals surface area (Å²) in [6.45, 7) is 2.14. The third kappa shape index (κ3) is 14.7. The first-order chi connectivity index (χ1) is 26.6. The first-order valence-electron chi connectivity index (χ1n) is 18.3. The second kappa shape index (κ2) is 22.5. The molecule has 2 aliphatic heterocycles. The number of hydrogen-bond donors (Lipinski definition) is 6. The van der Waals surface area contributed by atoms with Crippen LogP contribution in [0.25, 0.3) is 0 Å². The topological polar surface area (TPSA) is 280 Å². The van der Waals surface area contributed by atoms with Crippen molar-refractivity contribution in [2.45, 2.75) is 115 Å². The minimum Gasteiger partial charge on any atom is -0.394 e. The van der Waals surface area contributed by atoms with Crippen molar-refractivity contribution < 1.29 is 56.7 Å². The lowest BCUT2D eigenvalue weighted by atomic mass is 10.2. The molecule has 0 spiro atoms. The summed E-state index contributed by atoms with van der Waals surface area (Å²) in [7, 11) is -5.31. The van der Waals surface area contributed by atoms with Gasteiger partial charge < -0.3 is 29.5 Å². The van der Waals surface area contributed by atoms with E-state index in [1.165, 1.54) is 26.2 Å². The number of phosphoric ester groups is 2. The van der Waals surface area contributed by atoms with E-state index in [9.17, 15) is 48.3 Å². The molecule has 0 aliphatic carbocycles. The molecule has 2 aliphatic rings. The number of aliphatic hydroxyl groups is 2. The van der Waals surface area contributed by atoms with Gasteiger partial charge in [-0.15, -0.1) is 0 Å². The van der Waals surface area contributed by atoms with Crippen molar-refractivity contribution >= 4 is 37.2 Å². The zero-order valence-electron chi connectivity index (χ0n) is 31.2. The molecule has 0 bridgehead atoms. The quantitative estimate of drug-likeness (QED) is 0.0475. The Morgan fingerprint density at radius 3 is 1.75 bits per heavy atom. The number of hydrogen-bond acceptors (Lipinski definition) is 16. The number of aromatic amines is 2. The lowest BCUT2D eigenvalue weighted by molar-refractivity contribution is -0.0465. The van der Waals surface area contributed by atoms with Crippen molar-refractivity contribution in [2.75, 3.05) is 37.9 Å². The summed E-state index contributed by atoms with van der Waals surface area (Å²) in [5.74, 6) is 1.90. The molecule has 318 valence electrons. The first kappa shape index (κ1) is 46.8. The molecule has 20 nitrogen and oxygen atoms in total. The van der Waals surface area contributed by atoms with Crippen LogP contribution in [0.5, 0.6) is 0 Å². The highest BCUT2D eigenvalue weighted by Crippen LogP contribution is 2.48. The number of nitrogens with zero attached hydrogens (tertiary/aromatic N) is 2. The van der Waals surface area contributed by atoms with Crippen LogP contribution >= 0.6 is 37.2 Å². The van der Waals surface area contributed by atoms with Crippen molar-refractivity contribution in [3.63, 3.8) is 0 Å². The maximum absolute atomic E-state index is 12.5. The zero-order valence-corrected chi connectivity index (χ0v) is 34.6. The van der Waals surface area contributed by atoms with Gasteiger partial charge >= 0.3 is 27.0 Å². The van der Waals surface area contributed by atoms with Crippen molar-refractivity contribution in [3.8, 4) is 0 Å². The summed E-state index contributed by atoms with van der Waals surface area (Å²) in [4.78, 5) is 72.2. The van der Waals surface area contributed by atoms with Gasteiger partial charge in [0.2, 0.25) is 0 Å². The summed E-state index contributed by atoms with van der Waals surface area (Å²) in [5, 5.41) is 20.0. The van der Waals surface area contributed by atoms with Crippen molar-refractivity contribution in [3.05, 3.63) is 65.2 Å². The van der Waals surface area contributed by atoms with Crippen LogP contribution in [0.4, 0.5) is 0 Å². The number of aliphatic hydroxyl groups excluding tert-OH is 2. The summed E-state index contributed by atoms with van der Waals surface area (Å²) >= 11 is 0. The molecule has 2 aromatic heterocycles. The Balaban J connectivity index is 0.959. The Morgan fingerprint density at radius 1 is 0.732 bits per heavy atom. The van der Waals surface area contributed by atoms with E-state index in [0.29, 0.717) is 18.4 Å². The zero-order chi connectivity index (χ0) is 40.9. The molecular formula is C32H52N4O16P2S2. The molecule has 2 fully saturated rings. The van der Waals surface area contributed by atoms with E-state index in [0.717, 1.165) is 59.2 Å². The van der Waals surface area contributed by atoms with Crippen LogP contribution in [0, 0.1) is 13.8 Å². The van der Waals surface area contributed by atoms with E-state index in [1.807, 2.05) is 0 Å². The van der Waals surface area contributed by atoms with Gasteiger partial charge in [0.25, 0.3) is 11.1 Å². The van der Waals surface area contributed by atoms with Crippen LogP contribution < -0.4 is 22.5 Å². The second-order valence-corrected chi connectivity index (χ2v) is 19.0. The number of nitrogens with one attached hydrogen (secondary N) is 2. The average Bonchev–Trinajstić information content (AvgIpc) is 3.71. The van der Waals surface area contributed by atoms with Gasteiger partial charge in [0.1, 0.15) is 30.8 Å². The molecular weight excluding hydrogens is 822 g/mol. The maximum Gasteiger partial charge on any atom is 0.472 e. The fourth-order valence-electron chi connectivity index (χ4n) is 5.90. The van der Waals surface area contributed by atoms with Gasteiger partial charge in [-0.2, -0.15) is 0 Å². The molecule has 2 aromatic rings. The van der Waals surface area contributed by atoms with Gasteiger partial charge in [-0.25, -0.2) is 18.7 Å². The number of ether oxygens (including phenoxy) is 2. The van der Waals surface area contributed by atoms with Crippen LogP contribution in [0.15, 0.2) is 31.6 Å². The SMILES string of the molecule is Cc1cn([C@H]2C[C@H](OP(=O)(O)OCCCCCCSSCCCCCCOP(=O)(O)OC[C@H]3O[C@@H](n4cc(C)c(=O)[nH]c4=O)C[C@@H]3O)[C@@H](CO)O2)c(=O)[nH]c1=O. The highest BCUT2D eigenvalue weighted by molar-refractivity contribution is 8.76. The molecule has 56 heavy (non-hydrogen) atoms. The highest BCUT2D eigenvalue weighted by atomic mass is 33.1. The number of rotatable bonds is 25. The molecule has 0 aromatic carbocycles. The Kier molecular flexibility index (Phi) is 18.8. The van der Waals surface area contributed by atoms with Crippen molar-refractivity contribution in [2.24, 2.45) is 0 Å². The number of phosphoric acid groups is 2. The van der Waals surface area contributed by atoms with Crippen LogP contribution in [0.3, 0.4) is 0 Å². The second-order valence-electron chi connectivity index (χ2n) is 13.5. The lowest BCUT2D eigenvalue weighted by Gasteiger charge is -2.19. The number of aromatic nitrogens is 4. The van der Waals surface area contributed by atoms with Crippen molar-refractivity contribution in [1.29, 1.82) is 0 Å². The molecule has 4 rings (SSSR count). The molecule has 2 saturated heterocycles. The van der Waals surface area contributed by atoms with Crippen molar-refractivity contribution in [1.82, 2.24) is 19.1 Å². The lowest BCUT2D eigenvalue weighted by Crippen LogP contribution is -2.33. The van der Waals surface area contributed by atoms with Crippen LogP contribution in [-0.4, -0.2) is 101 Å². The average molecular weight is 875 g/mol.